The second-order valence-electron chi connectivity index (χ2n) is 4.15. The number of nitrogens with two attached hydrogens (primary N) is 1. The van der Waals surface area contributed by atoms with Crippen molar-refractivity contribution < 1.29 is 10.3 Å². The molecule has 106 valence electrons. The summed E-state index contributed by atoms with van der Waals surface area (Å²) < 4.78 is 0. The fourth-order valence-corrected chi connectivity index (χ4v) is 3.51. The third-order valence-electron chi connectivity index (χ3n) is 2.49. The summed E-state index contributed by atoms with van der Waals surface area (Å²) in [5.41, 5.74) is 6.57. The summed E-state index contributed by atoms with van der Waals surface area (Å²) in [4.78, 5) is 1.99. The normalized spacial score (nSPS) is 13.5. The first-order chi connectivity index (χ1) is 9.13. The van der Waals surface area contributed by atoms with E-state index in [4.69, 9.17) is 16.0 Å². The highest BCUT2D eigenvalue weighted by molar-refractivity contribution is 8.00. The minimum absolute atomic E-state index is 0.135. The molecule has 19 heavy (non-hydrogen) atoms. The van der Waals surface area contributed by atoms with Crippen LogP contribution in [0, 0.1) is 5.92 Å². The van der Waals surface area contributed by atoms with Crippen LogP contribution in [0.2, 0.25) is 0 Å². The first-order valence-electron chi connectivity index (χ1n) is 6.11. The van der Waals surface area contributed by atoms with Crippen LogP contribution in [-0.4, -0.2) is 34.3 Å². The first kappa shape index (κ1) is 16.2. The van der Waals surface area contributed by atoms with E-state index in [1.54, 1.807) is 23.5 Å². The highest BCUT2D eigenvalue weighted by Gasteiger charge is 2.14. The molecule has 0 aliphatic rings. The number of oxime groups is 1. The molecule has 1 unspecified atom stereocenters. The predicted molar refractivity (Wildman–Crippen MR) is 82.3 cm³/mol. The van der Waals surface area contributed by atoms with E-state index in [-0.39, 0.29) is 18.4 Å². The van der Waals surface area contributed by atoms with Crippen LogP contribution in [0.3, 0.4) is 0 Å². The second-order valence-corrected chi connectivity index (χ2v) is 6.51. The molecule has 0 bridgehead atoms. The lowest BCUT2D eigenvalue weighted by Crippen LogP contribution is -2.16. The zero-order valence-electron chi connectivity index (χ0n) is 11.2. The molecule has 1 aromatic rings. The summed E-state index contributed by atoms with van der Waals surface area (Å²) in [6.07, 6.45) is 0. The Hall–Kier alpha value is -0.850. The molecule has 1 rings (SSSR count). The summed E-state index contributed by atoms with van der Waals surface area (Å²) in [5.74, 6) is 2.07. The van der Waals surface area contributed by atoms with Gasteiger partial charge >= 0.3 is 0 Å². The van der Waals surface area contributed by atoms with Crippen molar-refractivity contribution in [2.45, 2.75) is 23.6 Å². The maximum absolute atomic E-state index is 9.07. The molecule has 0 aliphatic heterocycles. The van der Waals surface area contributed by atoms with E-state index in [9.17, 15) is 0 Å². The number of benzene rings is 1. The SMILES string of the molecule is CCSc1cccc(SCC(C)CO)c1/C(N)=N/O. The van der Waals surface area contributed by atoms with E-state index in [2.05, 4.69) is 12.1 Å². The number of aliphatic hydroxyl groups is 1. The number of hydrogen-bond acceptors (Lipinski definition) is 5. The van der Waals surface area contributed by atoms with E-state index in [1.807, 2.05) is 25.1 Å². The predicted octanol–water partition coefficient (Wildman–Crippen LogP) is 2.61. The fourth-order valence-electron chi connectivity index (χ4n) is 1.49. The highest BCUT2D eigenvalue weighted by Crippen LogP contribution is 2.32. The minimum Gasteiger partial charge on any atom is -0.409 e. The van der Waals surface area contributed by atoms with E-state index < -0.39 is 0 Å². The topological polar surface area (TPSA) is 78.8 Å². The van der Waals surface area contributed by atoms with Crippen LogP contribution in [0.1, 0.15) is 19.4 Å². The summed E-state index contributed by atoms with van der Waals surface area (Å²) in [6, 6.07) is 5.90. The van der Waals surface area contributed by atoms with Crippen molar-refractivity contribution in [1.29, 1.82) is 0 Å². The van der Waals surface area contributed by atoms with Gasteiger partial charge in [-0.05, 0) is 23.8 Å². The third-order valence-corrected chi connectivity index (χ3v) is 4.81. The van der Waals surface area contributed by atoms with Crippen LogP contribution in [0.15, 0.2) is 33.1 Å². The lowest BCUT2D eigenvalue weighted by molar-refractivity contribution is 0.250. The smallest absolute Gasteiger partial charge is 0.172 e. The number of amidine groups is 1. The summed E-state index contributed by atoms with van der Waals surface area (Å²) in [7, 11) is 0. The summed E-state index contributed by atoms with van der Waals surface area (Å²) >= 11 is 3.28. The number of rotatable bonds is 7. The number of thioether (sulfide) groups is 2. The van der Waals surface area contributed by atoms with Gasteiger partial charge in [0.15, 0.2) is 5.84 Å². The van der Waals surface area contributed by atoms with Gasteiger partial charge in [-0.25, -0.2) is 0 Å². The number of hydrogen-bond donors (Lipinski definition) is 3. The second kappa shape index (κ2) is 8.35. The molecule has 0 radical (unpaired) electrons. The lowest BCUT2D eigenvalue weighted by atomic mass is 10.2. The first-order valence-corrected chi connectivity index (χ1v) is 8.08. The third kappa shape index (κ3) is 4.63. The molecule has 4 nitrogen and oxygen atoms in total. The van der Waals surface area contributed by atoms with E-state index in [0.717, 1.165) is 26.9 Å². The largest absolute Gasteiger partial charge is 0.409 e. The molecule has 4 N–H and O–H groups in total. The molecule has 0 fully saturated rings. The van der Waals surface area contributed by atoms with Crippen molar-refractivity contribution in [3.63, 3.8) is 0 Å². The molecule has 1 atom stereocenters. The fraction of sp³-hybridized carbons (Fsp3) is 0.462. The van der Waals surface area contributed by atoms with Crippen molar-refractivity contribution in [1.82, 2.24) is 0 Å². The Kier molecular flexibility index (Phi) is 7.12. The Balaban J connectivity index is 3.05. The quantitative estimate of drug-likeness (QED) is 0.237. The molecule has 0 heterocycles. The Morgan fingerprint density at radius 1 is 1.37 bits per heavy atom. The van der Waals surface area contributed by atoms with Crippen LogP contribution in [0.25, 0.3) is 0 Å². The maximum Gasteiger partial charge on any atom is 0.172 e. The molecular weight excluding hydrogens is 280 g/mol. The summed E-state index contributed by atoms with van der Waals surface area (Å²) in [6.45, 7) is 4.21. The molecule has 0 saturated carbocycles. The number of aliphatic hydroxyl groups excluding tert-OH is 1. The minimum atomic E-state index is 0.135. The standard InChI is InChI=1S/C13H20N2O2S2/c1-3-18-10-5-4-6-11(12(10)13(14)15-17)19-8-9(2)7-16/h4-6,9,16-17H,3,7-8H2,1-2H3,(H2,14,15). The Labute approximate surface area is 122 Å². The van der Waals surface area contributed by atoms with Crippen molar-refractivity contribution in [3.8, 4) is 0 Å². The molecule has 1 aromatic carbocycles. The van der Waals surface area contributed by atoms with E-state index in [0.29, 0.717) is 0 Å². The average Bonchev–Trinajstić information content (AvgIpc) is 2.44. The molecular formula is C13H20N2O2S2. The van der Waals surface area contributed by atoms with Crippen LogP contribution in [-0.2, 0) is 0 Å². The van der Waals surface area contributed by atoms with Crippen LogP contribution in [0.4, 0.5) is 0 Å². The van der Waals surface area contributed by atoms with Crippen molar-refractivity contribution in [2.75, 3.05) is 18.1 Å². The van der Waals surface area contributed by atoms with Gasteiger partial charge in [0.1, 0.15) is 0 Å². The molecule has 6 heteroatoms. The highest BCUT2D eigenvalue weighted by atomic mass is 32.2. The van der Waals surface area contributed by atoms with Crippen LogP contribution >= 0.6 is 23.5 Å². The van der Waals surface area contributed by atoms with Crippen molar-refractivity contribution in [3.05, 3.63) is 23.8 Å². The van der Waals surface area contributed by atoms with Gasteiger partial charge in [-0.3, -0.25) is 0 Å². The Morgan fingerprint density at radius 3 is 2.53 bits per heavy atom. The van der Waals surface area contributed by atoms with E-state index >= 15 is 0 Å². The van der Waals surface area contributed by atoms with Gasteiger partial charge in [-0.2, -0.15) is 0 Å². The van der Waals surface area contributed by atoms with Gasteiger partial charge in [-0.15, -0.1) is 23.5 Å². The van der Waals surface area contributed by atoms with E-state index in [1.165, 1.54) is 0 Å². The van der Waals surface area contributed by atoms with Crippen LogP contribution in [0.5, 0.6) is 0 Å². The zero-order chi connectivity index (χ0) is 14.3. The Morgan fingerprint density at radius 2 is 2.00 bits per heavy atom. The van der Waals surface area contributed by atoms with Gasteiger partial charge in [-0.1, -0.05) is 25.1 Å². The lowest BCUT2D eigenvalue weighted by Gasteiger charge is -2.14. The van der Waals surface area contributed by atoms with Gasteiger partial charge in [0.25, 0.3) is 0 Å². The Bertz CT molecular complexity index is 439. The van der Waals surface area contributed by atoms with Crippen molar-refractivity contribution >= 4 is 29.4 Å². The zero-order valence-corrected chi connectivity index (χ0v) is 12.8. The molecule has 0 saturated heterocycles. The van der Waals surface area contributed by atoms with Gasteiger partial charge in [0.2, 0.25) is 0 Å². The monoisotopic (exact) mass is 300 g/mol. The molecule has 0 spiro atoms. The molecule has 0 aliphatic carbocycles. The number of nitrogens with zero attached hydrogens (tertiary/aromatic N) is 1. The van der Waals surface area contributed by atoms with Gasteiger partial charge < -0.3 is 16.0 Å². The maximum atomic E-state index is 9.07. The summed E-state index contributed by atoms with van der Waals surface area (Å²) in [5, 5.41) is 21.1. The molecule has 0 amide bonds. The molecule has 0 aromatic heterocycles. The van der Waals surface area contributed by atoms with Gasteiger partial charge in [0.05, 0.1) is 0 Å². The average molecular weight is 300 g/mol. The van der Waals surface area contributed by atoms with Crippen LogP contribution < -0.4 is 5.73 Å². The van der Waals surface area contributed by atoms with Gasteiger partial charge in [0, 0.05) is 27.7 Å². The van der Waals surface area contributed by atoms with Crippen molar-refractivity contribution in [2.24, 2.45) is 16.8 Å².